The lowest BCUT2D eigenvalue weighted by molar-refractivity contribution is -0.127. The van der Waals surface area contributed by atoms with Crippen LogP contribution < -0.4 is 10.9 Å². The monoisotopic (exact) mass is 446 g/mol. The van der Waals surface area contributed by atoms with Crippen molar-refractivity contribution in [3.63, 3.8) is 0 Å². The predicted octanol–water partition coefficient (Wildman–Crippen LogP) is 1.57. The van der Waals surface area contributed by atoms with Gasteiger partial charge >= 0.3 is 0 Å². The van der Waals surface area contributed by atoms with Crippen molar-refractivity contribution in [1.29, 1.82) is 5.26 Å². The lowest BCUT2D eigenvalue weighted by atomic mass is 10.2. The number of hydrogen-bond acceptors (Lipinski definition) is 6. The zero-order chi connectivity index (χ0) is 22.1. The number of aryl methyl sites for hydroxylation is 1. The molecule has 0 saturated carbocycles. The number of likely N-dealkylation sites (N-methyl/N-ethyl adjacent to an activating group) is 1. The van der Waals surface area contributed by atoms with Crippen LogP contribution >= 0.6 is 11.8 Å². The molecular weight excluding hydrogens is 424 g/mol. The number of sulfonamides is 1. The molecule has 2 aromatic carbocycles. The van der Waals surface area contributed by atoms with E-state index in [9.17, 15) is 18.0 Å². The summed E-state index contributed by atoms with van der Waals surface area (Å²) in [5.41, 5.74) is 6.95. The first-order chi connectivity index (χ1) is 14.2. The van der Waals surface area contributed by atoms with E-state index in [2.05, 4.69) is 10.9 Å². The fourth-order valence-corrected chi connectivity index (χ4v) is 4.24. The Kier molecular flexibility index (Phi) is 8.41. The summed E-state index contributed by atoms with van der Waals surface area (Å²) >= 11 is 1.34. The molecule has 8 nitrogen and oxygen atoms in total. The van der Waals surface area contributed by atoms with E-state index in [0.29, 0.717) is 11.3 Å². The number of carbonyl (C=O) groups is 2. The molecule has 0 fully saturated rings. The van der Waals surface area contributed by atoms with Crippen LogP contribution in [0.15, 0.2) is 53.4 Å². The van der Waals surface area contributed by atoms with E-state index < -0.39 is 28.4 Å². The van der Waals surface area contributed by atoms with Crippen LogP contribution in [-0.2, 0) is 25.4 Å². The zero-order valence-electron chi connectivity index (χ0n) is 16.6. The van der Waals surface area contributed by atoms with E-state index in [0.717, 1.165) is 15.4 Å². The summed E-state index contributed by atoms with van der Waals surface area (Å²) in [6, 6.07) is 15.4. The van der Waals surface area contributed by atoms with E-state index in [1.54, 1.807) is 24.3 Å². The van der Waals surface area contributed by atoms with Crippen molar-refractivity contribution in [3.05, 3.63) is 65.2 Å². The van der Waals surface area contributed by atoms with Gasteiger partial charge in [0.15, 0.2) is 0 Å². The minimum absolute atomic E-state index is 0.0895. The third-order valence-corrected chi connectivity index (χ3v) is 6.84. The highest BCUT2D eigenvalue weighted by Gasteiger charge is 2.22. The van der Waals surface area contributed by atoms with E-state index in [1.165, 1.54) is 30.9 Å². The summed E-state index contributed by atoms with van der Waals surface area (Å²) in [5, 5.41) is 8.77. The lowest BCUT2D eigenvalue weighted by Gasteiger charge is -2.17. The maximum atomic E-state index is 12.5. The van der Waals surface area contributed by atoms with Crippen LogP contribution in [0.1, 0.15) is 16.7 Å². The van der Waals surface area contributed by atoms with Crippen LogP contribution in [0.5, 0.6) is 0 Å². The maximum Gasteiger partial charge on any atom is 0.253 e. The molecule has 0 aliphatic carbocycles. The Morgan fingerprint density at radius 2 is 1.63 bits per heavy atom. The third kappa shape index (κ3) is 6.88. The van der Waals surface area contributed by atoms with Gasteiger partial charge in [-0.25, -0.2) is 8.42 Å². The topological polar surface area (TPSA) is 119 Å². The molecule has 0 heterocycles. The highest BCUT2D eigenvalue weighted by atomic mass is 32.2. The molecule has 0 aromatic heterocycles. The van der Waals surface area contributed by atoms with Crippen molar-refractivity contribution >= 4 is 33.6 Å². The molecule has 0 spiro atoms. The van der Waals surface area contributed by atoms with E-state index >= 15 is 0 Å². The summed E-state index contributed by atoms with van der Waals surface area (Å²) in [6.45, 7) is 1.41. The quantitative estimate of drug-likeness (QED) is 0.594. The van der Waals surface area contributed by atoms with Gasteiger partial charge in [0.25, 0.3) is 5.91 Å². The molecule has 0 unspecified atom stereocenters. The maximum absolute atomic E-state index is 12.5. The normalized spacial score (nSPS) is 11.0. The Balaban J connectivity index is 1.74. The minimum Gasteiger partial charge on any atom is -0.272 e. The van der Waals surface area contributed by atoms with E-state index in [1.807, 2.05) is 25.1 Å². The minimum atomic E-state index is -3.80. The number of hydrogen-bond donors (Lipinski definition) is 2. The number of nitrogens with zero attached hydrogens (tertiary/aromatic N) is 2. The standard InChI is InChI=1S/C20H22N4O4S2/c1-15-3-9-18(10-4-15)30(27,28)24(2)12-19(25)22-23-20(26)14-29-13-17-7-5-16(11-21)6-8-17/h3-10H,12-14H2,1-2H3,(H,22,25)(H,23,26). The van der Waals surface area contributed by atoms with Crippen LogP contribution in [0.3, 0.4) is 0 Å². The Morgan fingerprint density at radius 3 is 2.23 bits per heavy atom. The molecule has 0 aliphatic heterocycles. The summed E-state index contributed by atoms with van der Waals surface area (Å²) in [4.78, 5) is 23.9. The highest BCUT2D eigenvalue weighted by Crippen LogP contribution is 2.15. The van der Waals surface area contributed by atoms with Gasteiger partial charge in [-0.15, -0.1) is 11.8 Å². The molecule has 0 radical (unpaired) electrons. The number of benzene rings is 2. The highest BCUT2D eigenvalue weighted by molar-refractivity contribution is 7.99. The molecule has 2 N–H and O–H groups in total. The van der Waals surface area contributed by atoms with Crippen LogP contribution in [0.25, 0.3) is 0 Å². The van der Waals surface area contributed by atoms with Crippen molar-refractivity contribution < 1.29 is 18.0 Å². The van der Waals surface area contributed by atoms with Gasteiger partial charge in [-0.3, -0.25) is 20.4 Å². The molecule has 2 amide bonds. The second kappa shape index (κ2) is 10.8. The van der Waals surface area contributed by atoms with Crippen LogP contribution in [0.4, 0.5) is 0 Å². The van der Waals surface area contributed by atoms with Crippen molar-refractivity contribution in [2.24, 2.45) is 0 Å². The summed E-state index contributed by atoms with van der Waals surface area (Å²) in [5.74, 6) is -0.382. The van der Waals surface area contributed by atoms with Gasteiger partial charge in [0, 0.05) is 12.8 Å². The number of amides is 2. The van der Waals surface area contributed by atoms with Crippen LogP contribution in [-0.4, -0.2) is 43.9 Å². The zero-order valence-corrected chi connectivity index (χ0v) is 18.2. The predicted molar refractivity (Wildman–Crippen MR) is 115 cm³/mol. The first-order valence-electron chi connectivity index (χ1n) is 8.90. The van der Waals surface area contributed by atoms with Gasteiger partial charge in [0.2, 0.25) is 15.9 Å². The van der Waals surface area contributed by atoms with Crippen molar-refractivity contribution in [2.75, 3.05) is 19.3 Å². The second-order valence-corrected chi connectivity index (χ2v) is 9.50. The number of rotatable bonds is 8. The first-order valence-corrected chi connectivity index (χ1v) is 11.5. The van der Waals surface area contributed by atoms with Crippen LogP contribution in [0.2, 0.25) is 0 Å². The number of nitriles is 1. The molecule has 30 heavy (non-hydrogen) atoms. The average molecular weight is 447 g/mol. The molecule has 10 heteroatoms. The summed E-state index contributed by atoms with van der Waals surface area (Å²) in [7, 11) is -2.51. The summed E-state index contributed by atoms with van der Waals surface area (Å²) in [6.07, 6.45) is 0. The number of thioether (sulfide) groups is 1. The molecular formula is C20H22N4O4S2. The Bertz CT molecular complexity index is 1030. The molecule has 2 rings (SSSR count). The van der Waals surface area contributed by atoms with Crippen molar-refractivity contribution in [1.82, 2.24) is 15.2 Å². The van der Waals surface area contributed by atoms with Crippen molar-refractivity contribution in [2.45, 2.75) is 17.6 Å². The third-order valence-electron chi connectivity index (χ3n) is 4.02. The van der Waals surface area contributed by atoms with Gasteiger partial charge in [-0.2, -0.15) is 9.57 Å². The average Bonchev–Trinajstić information content (AvgIpc) is 2.73. The Hall–Kier alpha value is -2.87. The Morgan fingerprint density at radius 1 is 1.03 bits per heavy atom. The molecule has 0 atom stereocenters. The fourth-order valence-electron chi connectivity index (χ4n) is 2.33. The smallest absolute Gasteiger partial charge is 0.253 e. The fraction of sp³-hybridized carbons (Fsp3) is 0.250. The van der Waals surface area contributed by atoms with Gasteiger partial charge < -0.3 is 0 Å². The van der Waals surface area contributed by atoms with Gasteiger partial charge in [0.1, 0.15) is 0 Å². The number of nitrogens with one attached hydrogen (secondary N) is 2. The SMILES string of the molecule is Cc1ccc(S(=O)(=O)N(C)CC(=O)NNC(=O)CSCc2ccc(C#N)cc2)cc1. The molecule has 2 aromatic rings. The molecule has 0 bridgehead atoms. The lowest BCUT2D eigenvalue weighted by Crippen LogP contribution is -2.47. The van der Waals surface area contributed by atoms with Gasteiger partial charge in [0.05, 0.1) is 28.8 Å². The number of hydrazine groups is 1. The van der Waals surface area contributed by atoms with Gasteiger partial charge in [-0.05, 0) is 36.8 Å². The first kappa shape index (κ1) is 23.4. The van der Waals surface area contributed by atoms with E-state index in [-0.39, 0.29) is 10.6 Å². The van der Waals surface area contributed by atoms with Crippen molar-refractivity contribution in [3.8, 4) is 6.07 Å². The second-order valence-electron chi connectivity index (χ2n) is 6.47. The Labute approximate surface area is 180 Å². The van der Waals surface area contributed by atoms with Gasteiger partial charge in [-0.1, -0.05) is 29.8 Å². The molecule has 158 valence electrons. The molecule has 0 aliphatic rings. The van der Waals surface area contributed by atoms with E-state index in [4.69, 9.17) is 5.26 Å². The number of carbonyl (C=O) groups excluding carboxylic acids is 2. The largest absolute Gasteiger partial charge is 0.272 e. The van der Waals surface area contributed by atoms with Crippen LogP contribution in [0, 0.1) is 18.3 Å². The molecule has 0 saturated heterocycles. The summed E-state index contributed by atoms with van der Waals surface area (Å²) < 4.78 is 25.9.